The van der Waals surface area contributed by atoms with Gasteiger partial charge in [-0.3, -0.25) is 4.79 Å². The summed E-state index contributed by atoms with van der Waals surface area (Å²) in [6, 6.07) is 0. The molecule has 0 aliphatic carbocycles. The van der Waals surface area contributed by atoms with Crippen LogP contribution in [0.25, 0.3) is 0 Å². The molecule has 0 saturated carbocycles. The molecule has 1 atom stereocenters. The van der Waals surface area contributed by atoms with Gasteiger partial charge in [0, 0.05) is 6.42 Å². The zero-order chi connectivity index (χ0) is 7.78. The molecule has 0 aromatic heterocycles. The Kier molecular flexibility index (Phi) is 1.58. The van der Waals surface area contributed by atoms with Crippen molar-refractivity contribution in [2.24, 2.45) is 0 Å². The predicted octanol–water partition coefficient (Wildman–Crippen LogP) is 1.07. The molecule has 1 saturated heterocycles. The van der Waals surface area contributed by atoms with Crippen LogP contribution in [0.4, 0.5) is 13.2 Å². The van der Waals surface area contributed by atoms with E-state index >= 15 is 0 Å². The van der Waals surface area contributed by atoms with E-state index in [1.54, 1.807) is 0 Å². The average molecular weight is 153 g/mol. The van der Waals surface area contributed by atoms with Crippen LogP contribution < -0.4 is 0 Å². The molecule has 57 valence electrons. The normalized spacial score (nSPS) is 26.7. The summed E-state index contributed by atoms with van der Waals surface area (Å²) >= 11 is 0. The maximum absolute atomic E-state index is 11.6. The van der Waals surface area contributed by atoms with E-state index < -0.39 is 18.2 Å². The van der Waals surface area contributed by atoms with Crippen molar-refractivity contribution in [2.45, 2.75) is 18.7 Å². The molecule has 0 aromatic rings. The van der Waals surface area contributed by atoms with Gasteiger partial charge in [-0.05, 0) is 0 Å². The molecular weight excluding hydrogens is 149 g/mol. The average Bonchev–Trinajstić information content (AvgIpc) is 2.11. The Morgan fingerprint density at radius 3 is 2.40 bits per heavy atom. The highest BCUT2D eigenvalue weighted by atomic mass is 19.4. The zero-order valence-electron chi connectivity index (χ0n) is 4.81. The van der Waals surface area contributed by atoms with Crippen LogP contribution in [0.1, 0.15) is 6.42 Å². The van der Waals surface area contributed by atoms with Crippen molar-refractivity contribution in [1.82, 2.24) is 0 Å². The van der Waals surface area contributed by atoms with E-state index in [4.69, 9.17) is 0 Å². The Labute approximate surface area is 55.0 Å². The molecule has 1 aliphatic rings. The lowest BCUT2D eigenvalue weighted by Gasteiger charge is -2.11. The summed E-state index contributed by atoms with van der Waals surface area (Å²) in [4.78, 5) is 10.1. The lowest BCUT2D eigenvalue weighted by molar-refractivity contribution is -0.202. The van der Waals surface area contributed by atoms with Crippen LogP contribution in [-0.4, -0.2) is 18.2 Å². The molecule has 0 aromatic carbocycles. The van der Waals surface area contributed by atoms with E-state index in [0.717, 1.165) is 6.42 Å². The molecule has 0 N–H and O–H groups in total. The maximum Gasteiger partial charge on any atom is 0.425 e. The smallest absolute Gasteiger partial charge is 0.425 e. The molecule has 0 amide bonds. The summed E-state index contributed by atoms with van der Waals surface area (Å²) in [5, 5.41) is 0. The monoisotopic (exact) mass is 153 g/mol. The van der Waals surface area contributed by atoms with Gasteiger partial charge in [-0.15, -0.1) is 0 Å². The second-order valence-corrected chi connectivity index (χ2v) is 1.89. The molecule has 10 heavy (non-hydrogen) atoms. The van der Waals surface area contributed by atoms with Crippen molar-refractivity contribution in [1.29, 1.82) is 0 Å². The third-order valence-corrected chi connectivity index (χ3v) is 1.08. The van der Waals surface area contributed by atoms with E-state index in [9.17, 15) is 18.0 Å². The van der Waals surface area contributed by atoms with Gasteiger partial charge in [0.25, 0.3) is 0 Å². The molecule has 1 heterocycles. The lowest BCUT2D eigenvalue weighted by Crippen LogP contribution is -2.28. The first kappa shape index (κ1) is 7.37. The molecule has 0 bridgehead atoms. The van der Waals surface area contributed by atoms with Crippen molar-refractivity contribution >= 4 is 5.97 Å². The number of hydrogen-bond acceptors (Lipinski definition) is 2. The van der Waals surface area contributed by atoms with Gasteiger partial charge in [0.15, 0.2) is 0 Å². The molecule has 1 rings (SSSR count). The SMILES string of the molecule is O=C1C[CH]C(C(F)(F)F)O1. The topological polar surface area (TPSA) is 26.3 Å². The summed E-state index contributed by atoms with van der Waals surface area (Å²) in [5.74, 6) is -0.817. The summed E-state index contributed by atoms with van der Waals surface area (Å²) in [5.41, 5.74) is 0. The van der Waals surface area contributed by atoms with Crippen LogP contribution >= 0.6 is 0 Å². The van der Waals surface area contributed by atoms with E-state index in [-0.39, 0.29) is 6.42 Å². The first-order chi connectivity index (χ1) is 4.50. The summed E-state index contributed by atoms with van der Waals surface area (Å²) < 4.78 is 38.8. The highest BCUT2D eigenvalue weighted by Crippen LogP contribution is 2.29. The van der Waals surface area contributed by atoms with Gasteiger partial charge in [0.05, 0.1) is 6.42 Å². The fourth-order valence-corrected chi connectivity index (χ4v) is 0.642. The number of carbonyl (C=O) groups is 1. The highest BCUT2D eigenvalue weighted by Gasteiger charge is 2.46. The van der Waals surface area contributed by atoms with Crippen molar-refractivity contribution in [3.8, 4) is 0 Å². The van der Waals surface area contributed by atoms with Crippen LogP contribution in [0.15, 0.2) is 0 Å². The number of halogens is 3. The van der Waals surface area contributed by atoms with Gasteiger partial charge in [0.1, 0.15) is 0 Å². The molecule has 0 spiro atoms. The maximum atomic E-state index is 11.6. The predicted molar refractivity (Wildman–Crippen MR) is 24.9 cm³/mol. The quantitative estimate of drug-likeness (QED) is 0.486. The molecule has 5 heteroatoms. The minimum Gasteiger partial charge on any atom is -0.452 e. The van der Waals surface area contributed by atoms with E-state index in [1.165, 1.54) is 0 Å². The number of esters is 1. The Hall–Kier alpha value is -0.740. The number of hydrogen-bond donors (Lipinski definition) is 0. The number of alkyl halides is 3. The minimum absolute atomic E-state index is 0.246. The molecule has 1 aliphatic heterocycles. The van der Waals surface area contributed by atoms with Crippen molar-refractivity contribution in [2.75, 3.05) is 0 Å². The fraction of sp³-hybridized carbons (Fsp3) is 0.600. The highest BCUT2D eigenvalue weighted by molar-refractivity contribution is 5.73. The van der Waals surface area contributed by atoms with Crippen molar-refractivity contribution < 1.29 is 22.7 Å². The van der Waals surface area contributed by atoms with E-state index in [2.05, 4.69) is 4.74 Å². The van der Waals surface area contributed by atoms with Crippen LogP contribution in [0.3, 0.4) is 0 Å². The lowest BCUT2D eigenvalue weighted by atomic mass is 10.2. The molecular formula is C5H4F3O2. The van der Waals surface area contributed by atoms with Gasteiger partial charge >= 0.3 is 12.1 Å². The summed E-state index contributed by atoms with van der Waals surface area (Å²) in [6.07, 6.45) is -5.86. The second-order valence-electron chi connectivity index (χ2n) is 1.89. The van der Waals surface area contributed by atoms with Crippen LogP contribution in [0.5, 0.6) is 0 Å². The van der Waals surface area contributed by atoms with Crippen LogP contribution in [-0.2, 0) is 9.53 Å². The molecule has 1 unspecified atom stereocenters. The minimum atomic E-state index is -4.44. The van der Waals surface area contributed by atoms with Crippen molar-refractivity contribution in [3.05, 3.63) is 6.42 Å². The Bertz CT molecular complexity index is 151. The fourth-order valence-electron chi connectivity index (χ4n) is 0.642. The van der Waals surface area contributed by atoms with E-state index in [0.29, 0.717) is 0 Å². The Balaban J connectivity index is 2.53. The standard InChI is InChI=1S/C5H4F3O2/c6-5(7,8)3-1-2-4(9)10-3/h1,3H,2H2. The van der Waals surface area contributed by atoms with Crippen molar-refractivity contribution in [3.63, 3.8) is 0 Å². The van der Waals surface area contributed by atoms with Gasteiger partial charge in [-0.25, -0.2) is 0 Å². The van der Waals surface area contributed by atoms with E-state index in [1.807, 2.05) is 0 Å². The third kappa shape index (κ3) is 1.40. The van der Waals surface area contributed by atoms with Gasteiger partial charge in [-0.1, -0.05) is 0 Å². The third-order valence-electron chi connectivity index (χ3n) is 1.08. The Morgan fingerprint density at radius 2 is 2.20 bits per heavy atom. The number of carbonyl (C=O) groups excluding carboxylic acids is 1. The summed E-state index contributed by atoms with van der Waals surface area (Å²) in [6.45, 7) is 0. The Morgan fingerprint density at radius 1 is 1.60 bits per heavy atom. The first-order valence-electron chi connectivity index (χ1n) is 2.59. The largest absolute Gasteiger partial charge is 0.452 e. The number of ether oxygens (including phenoxy) is 1. The molecule has 2 nitrogen and oxygen atoms in total. The number of cyclic esters (lactones) is 1. The first-order valence-corrected chi connectivity index (χ1v) is 2.59. The summed E-state index contributed by atoms with van der Waals surface area (Å²) in [7, 11) is 0. The molecule has 1 fully saturated rings. The van der Waals surface area contributed by atoms with Gasteiger partial charge < -0.3 is 4.74 Å². The second kappa shape index (κ2) is 2.14. The van der Waals surface area contributed by atoms with Crippen LogP contribution in [0, 0.1) is 6.42 Å². The van der Waals surface area contributed by atoms with Gasteiger partial charge in [-0.2, -0.15) is 13.2 Å². The van der Waals surface area contributed by atoms with Gasteiger partial charge in [0.2, 0.25) is 6.10 Å². The zero-order valence-corrected chi connectivity index (χ0v) is 4.81. The number of rotatable bonds is 0. The molecule has 1 radical (unpaired) electrons. The van der Waals surface area contributed by atoms with Crippen LogP contribution in [0.2, 0.25) is 0 Å².